The Morgan fingerprint density at radius 1 is 0.875 bits per heavy atom. The van der Waals surface area contributed by atoms with E-state index >= 15 is 0 Å². The number of hydrogen-bond donors (Lipinski definition) is 0. The van der Waals surface area contributed by atoms with Gasteiger partial charge in [-0.15, -0.1) is 0 Å². The highest BCUT2D eigenvalue weighted by Gasteiger charge is 2.13. The third-order valence-electron chi connectivity index (χ3n) is 1.69. The smallest absolute Gasteiger partial charge is 0.327 e. The number of methoxy groups -OCH3 is 1. The molecule has 16 heavy (non-hydrogen) atoms. The Morgan fingerprint density at radius 2 is 1.38 bits per heavy atom. The van der Waals surface area contributed by atoms with E-state index in [-0.39, 0.29) is 6.61 Å². The van der Waals surface area contributed by atoms with E-state index in [1.807, 2.05) is 0 Å². The van der Waals surface area contributed by atoms with Crippen LogP contribution < -0.4 is 0 Å². The topological polar surface area (TPSA) is 63.2 Å². The summed E-state index contributed by atoms with van der Waals surface area (Å²) >= 11 is 0. The summed E-state index contributed by atoms with van der Waals surface area (Å²) in [5, 5.41) is 0. The monoisotopic (exact) mass is 256 g/mol. The first-order chi connectivity index (χ1) is 7.62. The third kappa shape index (κ3) is 10.5. The van der Waals surface area contributed by atoms with Crippen molar-refractivity contribution in [3.05, 3.63) is 0 Å². The van der Waals surface area contributed by atoms with Gasteiger partial charge in [-0.25, -0.2) is 0 Å². The Balaban J connectivity index is 3.13. The summed E-state index contributed by atoms with van der Waals surface area (Å²) < 4.78 is 36.0. The van der Waals surface area contributed by atoms with Gasteiger partial charge in [0.1, 0.15) is 0 Å². The molecule has 0 aromatic carbocycles. The zero-order valence-corrected chi connectivity index (χ0v) is 11.0. The standard InChI is InChI=1S/C9H21O6P/c1-11-4-5-13-6-7-14-8-9-15-16(3,10)12-2/h4-9H2,1-3H3. The van der Waals surface area contributed by atoms with Crippen molar-refractivity contribution >= 4 is 7.60 Å². The molecule has 6 nitrogen and oxygen atoms in total. The van der Waals surface area contributed by atoms with Gasteiger partial charge in [0.05, 0.1) is 39.6 Å². The highest BCUT2D eigenvalue weighted by molar-refractivity contribution is 7.52. The molecule has 0 aliphatic heterocycles. The predicted octanol–water partition coefficient (Wildman–Crippen LogP) is 1.15. The molecule has 0 fully saturated rings. The molecule has 1 unspecified atom stereocenters. The van der Waals surface area contributed by atoms with Crippen LogP contribution in [-0.4, -0.2) is 60.5 Å². The fourth-order valence-corrected chi connectivity index (χ4v) is 1.29. The van der Waals surface area contributed by atoms with Crippen molar-refractivity contribution in [3.8, 4) is 0 Å². The van der Waals surface area contributed by atoms with E-state index in [2.05, 4.69) is 4.52 Å². The van der Waals surface area contributed by atoms with Crippen LogP contribution in [0.2, 0.25) is 0 Å². The summed E-state index contributed by atoms with van der Waals surface area (Å²) in [6.45, 7) is 4.17. The van der Waals surface area contributed by atoms with Crippen LogP contribution in [0.1, 0.15) is 0 Å². The molecule has 0 saturated heterocycles. The zero-order chi connectivity index (χ0) is 12.3. The second-order valence-electron chi connectivity index (χ2n) is 3.00. The zero-order valence-electron chi connectivity index (χ0n) is 10.1. The van der Waals surface area contributed by atoms with Crippen LogP contribution in [-0.2, 0) is 27.8 Å². The highest BCUT2D eigenvalue weighted by atomic mass is 31.2. The SMILES string of the molecule is COCCOCCOCCOP(C)(=O)OC. The van der Waals surface area contributed by atoms with E-state index < -0.39 is 7.60 Å². The maximum absolute atomic E-state index is 11.3. The summed E-state index contributed by atoms with van der Waals surface area (Å²) in [6, 6.07) is 0. The molecule has 0 radical (unpaired) electrons. The van der Waals surface area contributed by atoms with E-state index in [4.69, 9.17) is 18.7 Å². The molecule has 0 aliphatic carbocycles. The van der Waals surface area contributed by atoms with Gasteiger partial charge in [-0.05, 0) is 0 Å². The fraction of sp³-hybridized carbons (Fsp3) is 1.00. The lowest BCUT2D eigenvalue weighted by Gasteiger charge is -2.11. The molecule has 0 bridgehead atoms. The van der Waals surface area contributed by atoms with E-state index in [0.717, 1.165) is 0 Å². The van der Waals surface area contributed by atoms with Crippen LogP contribution >= 0.6 is 7.60 Å². The van der Waals surface area contributed by atoms with Gasteiger partial charge in [0.15, 0.2) is 0 Å². The molecule has 7 heteroatoms. The van der Waals surface area contributed by atoms with E-state index in [1.54, 1.807) is 7.11 Å². The summed E-state index contributed by atoms with van der Waals surface area (Å²) in [4.78, 5) is 0. The van der Waals surface area contributed by atoms with Crippen molar-refractivity contribution < 1.29 is 27.8 Å². The highest BCUT2D eigenvalue weighted by Crippen LogP contribution is 2.42. The minimum Gasteiger partial charge on any atom is -0.382 e. The molecule has 0 N–H and O–H groups in total. The van der Waals surface area contributed by atoms with Crippen molar-refractivity contribution in [2.45, 2.75) is 0 Å². The molecule has 0 spiro atoms. The minimum atomic E-state index is -2.87. The first kappa shape index (κ1) is 16.0. The van der Waals surface area contributed by atoms with Gasteiger partial charge in [-0.3, -0.25) is 4.57 Å². The Morgan fingerprint density at radius 3 is 1.88 bits per heavy atom. The van der Waals surface area contributed by atoms with E-state index in [1.165, 1.54) is 13.8 Å². The second kappa shape index (κ2) is 10.2. The lowest BCUT2D eigenvalue weighted by molar-refractivity contribution is 0.0170. The van der Waals surface area contributed by atoms with Crippen LogP contribution in [0.25, 0.3) is 0 Å². The van der Waals surface area contributed by atoms with Crippen molar-refractivity contribution in [1.29, 1.82) is 0 Å². The van der Waals surface area contributed by atoms with Crippen LogP contribution in [0.5, 0.6) is 0 Å². The van der Waals surface area contributed by atoms with Gasteiger partial charge in [-0.1, -0.05) is 0 Å². The Hall–Kier alpha value is 0.0300. The van der Waals surface area contributed by atoms with Gasteiger partial charge < -0.3 is 23.3 Å². The Labute approximate surface area is 96.7 Å². The number of hydrogen-bond acceptors (Lipinski definition) is 6. The van der Waals surface area contributed by atoms with Gasteiger partial charge in [0, 0.05) is 20.9 Å². The Bertz CT molecular complexity index is 198. The van der Waals surface area contributed by atoms with E-state index in [9.17, 15) is 4.57 Å². The van der Waals surface area contributed by atoms with Crippen LogP contribution in [0.15, 0.2) is 0 Å². The molecule has 0 rings (SSSR count). The fourth-order valence-electron chi connectivity index (χ4n) is 0.779. The summed E-state index contributed by atoms with van der Waals surface area (Å²) in [6.07, 6.45) is 0. The molecule has 1 atom stereocenters. The molecule has 0 heterocycles. The molecule has 0 aromatic heterocycles. The normalized spacial score (nSPS) is 14.9. The average molecular weight is 256 g/mol. The van der Waals surface area contributed by atoms with Gasteiger partial charge in [0.25, 0.3) is 0 Å². The summed E-state index contributed by atoms with van der Waals surface area (Å²) in [7, 11) is 0.102. The number of ether oxygens (including phenoxy) is 3. The molecule has 98 valence electrons. The predicted molar refractivity (Wildman–Crippen MR) is 60.0 cm³/mol. The van der Waals surface area contributed by atoms with Gasteiger partial charge >= 0.3 is 7.60 Å². The molecular weight excluding hydrogens is 235 g/mol. The van der Waals surface area contributed by atoms with Crippen molar-refractivity contribution in [1.82, 2.24) is 0 Å². The van der Waals surface area contributed by atoms with Crippen LogP contribution in [0.3, 0.4) is 0 Å². The molecule has 0 aliphatic rings. The average Bonchev–Trinajstić information content (AvgIpc) is 2.27. The maximum Gasteiger partial charge on any atom is 0.327 e. The lowest BCUT2D eigenvalue weighted by atomic mass is 10.7. The summed E-state index contributed by atoms with van der Waals surface area (Å²) in [5.74, 6) is 0. The van der Waals surface area contributed by atoms with Crippen molar-refractivity contribution in [3.63, 3.8) is 0 Å². The lowest BCUT2D eigenvalue weighted by Crippen LogP contribution is -2.11. The van der Waals surface area contributed by atoms with Gasteiger partial charge in [0.2, 0.25) is 0 Å². The quantitative estimate of drug-likeness (QED) is 0.408. The van der Waals surface area contributed by atoms with Gasteiger partial charge in [-0.2, -0.15) is 0 Å². The number of rotatable bonds is 11. The van der Waals surface area contributed by atoms with Crippen molar-refractivity contribution in [2.24, 2.45) is 0 Å². The maximum atomic E-state index is 11.3. The minimum absolute atomic E-state index is 0.250. The largest absolute Gasteiger partial charge is 0.382 e. The first-order valence-electron chi connectivity index (χ1n) is 5.04. The molecule has 0 aromatic rings. The molecule has 0 saturated carbocycles. The third-order valence-corrected chi connectivity index (χ3v) is 3.00. The second-order valence-corrected chi connectivity index (χ2v) is 5.17. The van der Waals surface area contributed by atoms with Crippen LogP contribution in [0, 0.1) is 0 Å². The van der Waals surface area contributed by atoms with Crippen LogP contribution in [0.4, 0.5) is 0 Å². The van der Waals surface area contributed by atoms with Crippen molar-refractivity contribution in [2.75, 3.05) is 60.5 Å². The Kier molecular flexibility index (Phi) is 10.2. The first-order valence-corrected chi connectivity index (χ1v) is 7.03. The molecule has 0 amide bonds. The summed E-state index contributed by atoms with van der Waals surface area (Å²) in [5.41, 5.74) is 0. The van der Waals surface area contributed by atoms with E-state index in [0.29, 0.717) is 33.0 Å². The molecular formula is C9H21O6P.